The summed E-state index contributed by atoms with van der Waals surface area (Å²) in [5, 5.41) is 9.50. The molecule has 0 aromatic carbocycles. The van der Waals surface area contributed by atoms with Gasteiger partial charge in [0.25, 0.3) is 0 Å². The second-order valence-electron chi connectivity index (χ2n) is 0.167. The van der Waals surface area contributed by atoms with Gasteiger partial charge in [0.05, 0.1) is 8.41 Å². The normalized spacial score (nSPS) is 6.00. The Morgan fingerprint density at radius 3 is 1.25 bits per heavy atom. The van der Waals surface area contributed by atoms with Gasteiger partial charge < -0.3 is 0 Å². The molecule has 0 atom stereocenters. The molecule has 0 aromatic heterocycles. The molecular weight excluding hydrogens is 80.3 g/mol. The van der Waals surface area contributed by atoms with Crippen LogP contribution in [0.5, 0.6) is 0 Å². The third-order valence-corrected chi connectivity index (χ3v) is 0. The summed E-state index contributed by atoms with van der Waals surface area (Å²) in [7, 11) is 0. The molecule has 0 saturated carbocycles. The summed E-state index contributed by atoms with van der Waals surface area (Å²) < 4.78 is 0. The van der Waals surface area contributed by atoms with Gasteiger partial charge in [0, 0.05) is 0 Å². The van der Waals surface area contributed by atoms with Crippen molar-refractivity contribution in [2.24, 2.45) is 0 Å². The van der Waals surface area contributed by atoms with Crippen LogP contribution in [0.1, 0.15) is 0 Å². The molecule has 0 aliphatic carbocycles. The Hall–Kier alpha value is 0.909. The van der Waals surface area contributed by atoms with E-state index in [2.05, 4.69) is 0 Å². The van der Waals surface area contributed by atoms with Crippen molar-refractivity contribution in [3.05, 3.63) is 0 Å². The molecule has 0 unspecified atom stereocenters. The van der Waals surface area contributed by atoms with Gasteiger partial charge in [-0.25, -0.2) is 0 Å². The van der Waals surface area contributed by atoms with Crippen LogP contribution in [0, 0.1) is 0 Å². The summed E-state index contributed by atoms with van der Waals surface area (Å²) in [6.45, 7) is 0. The van der Waals surface area contributed by atoms with E-state index in [4.69, 9.17) is 10.8 Å². The summed E-state index contributed by atoms with van der Waals surface area (Å²) in [4.78, 5) is 0. The molecule has 16 valence electrons. The first-order valence-electron chi connectivity index (χ1n) is 0.577. The molecular formula is H3B3Ti. The summed E-state index contributed by atoms with van der Waals surface area (Å²) in [5.74, 6) is 0. The van der Waals surface area contributed by atoms with Crippen molar-refractivity contribution in [3.8, 4) is 0 Å². The summed E-state index contributed by atoms with van der Waals surface area (Å²) in [6, 6.07) is 0. The summed E-state index contributed by atoms with van der Waals surface area (Å²) in [5.41, 5.74) is 0. The molecule has 0 aliphatic heterocycles. The van der Waals surface area contributed by atoms with E-state index in [1.165, 1.54) is 0 Å². The third kappa shape index (κ3) is 12.8. The van der Waals surface area contributed by atoms with Gasteiger partial charge in [0.1, 0.15) is 0 Å². The Kier molecular flexibility index (Phi) is 20.1. The molecule has 0 heterocycles. The van der Waals surface area contributed by atoms with Gasteiger partial charge in [-0.05, 0) is 0 Å². The van der Waals surface area contributed by atoms with E-state index in [0.717, 1.165) is 0 Å². The van der Waals surface area contributed by atoms with Crippen LogP contribution in [0.15, 0.2) is 0 Å². The van der Waals surface area contributed by atoms with Crippen LogP contribution in [-0.2, 0) is 17.4 Å². The summed E-state index contributed by atoms with van der Waals surface area (Å²) in [6.07, 6.45) is 0. The predicted molar refractivity (Wildman–Crippen MR) is 21.4 cm³/mol. The quantitative estimate of drug-likeness (QED) is 0.299. The average molecular weight is 83.3 g/mol. The van der Waals surface area contributed by atoms with Crippen molar-refractivity contribution >= 4 is 19.2 Å². The van der Waals surface area contributed by atoms with E-state index >= 15 is 0 Å². The Labute approximate surface area is 36.9 Å². The zero-order chi connectivity index (χ0) is 2.71. The van der Waals surface area contributed by atoms with Gasteiger partial charge in [-0.2, -0.15) is 0 Å². The Balaban J connectivity index is 0. The molecule has 0 rings (SSSR count). The minimum atomic E-state index is -0.500. The Morgan fingerprint density at radius 2 is 1.25 bits per heavy atom. The molecule has 0 radical (unpaired) electrons. The zero-order valence-electron chi connectivity index (χ0n) is 1.65. The Morgan fingerprint density at radius 1 is 1.25 bits per heavy atom. The van der Waals surface area contributed by atoms with Gasteiger partial charge in [0.2, 0.25) is 0 Å². The standard InChI is InChI=1S/BH3.2B.Ti/h1H3;;;. The van der Waals surface area contributed by atoms with Crippen LogP contribution < -0.4 is 0 Å². The van der Waals surface area contributed by atoms with E-state index in [-0.39, 0.29) is 8.41 Å². The van der Waals surface area contributed by atoms with Crippen molar-refractivity contribution in [3.63, 3.8) is 0 Å². The van der Waals surface area contributed by atoms with E-state index < -0.39 is 17.4 Å². The maximum absolute atomic E-state index is 4.75. The van der Waals surface area contributed by atoms with Crippen molar-refractivity contribution in [1.82, 2.24) is 0 Å². The molecule has 4 heteroatoms. The van der Waals surface area contributed by atoms with Crippen LogP contribution in [0.3, 0.4) is 0 Å². The fraction of sp³-hybridized carbons (Fsp3) is 0. The van der Waals surface area contributed by atoms with Crippen molar-refractivity contribution in [2.45, 2.75) is 0 Å². The third-order valence-electron chi connectivity index (χ3n) is 0. The number of hydrogen-bond acceptors (Lipinski definition) is 0. The van der Waals surface area contributed by atoms with E-state index in [1.54, 1.807) is 0 Å². The van der Waals surface area contributed by atoms with Crippen molar-refractivity contribution in [2.75, 3.05) is 0 Å². The van der Waals surface area contributed by atoms with Crippen molar-refractivity contribution < 1.29 is 17.4 Å². The molecule has 0 bridgehead atoms. The first-order chi connectivity index (χ1) is 1.41. The molecule has 0 spiro atoms. The van der Waals surface area contributed by atoms with E-state index in [1.807, 2.05) is 0 Å². The van der Waals surface area contributed by atoms with E-state index in [9.17, 15) is 0 Å². The molecule has 0 N–H and O–H groups in total. The molecule has 0 aliphatic rings. The van der Waals surface area contributed by atoms with Crippen LogP contribution in [0.2, 0.25) is 0 Å². The molecule has 4 heavy (non-hydrogen) atoms. The molecule has 0 saturated heterocycles. The Bertz CT molecular complexity index is 76.4. The minimum absolute atomic E-state index is 0. The van der Waals surface area contributed by atoms with Gasteiger partial charge in [-0.1, -0.05) is 0 Å². The second-order valence-corrected chi connectivity index (χ2v) is 0.687. The first-order valence-corrected chi connectivity index (χ1v) is 2.38. The molecule has 0 nitrogen and oxygen atoms in total. The second kappa shape index (κ2) is 9.08. The maximum atomic E-state index is 4.75. The van der Waals surface area contributed by atoms with Crippen LogP contribution in [-0.4, -0.2) is 19.2 Å². The predicted octanol–water partition coefficient (Wildman–Crippen LogP) is -1.95. The van der Waals surface area contributed by atoms with Crippen LogP contribution >= 0.6 is 0 Å². The first kappa shape index (κ1) is 8.86. The van der Waals surface area contributed by atoms with Gasteiger partial charge in [-0.15, -0.1) is 0 Å². The van der Waals surface area contributed by atoms with Crippen LogP contribution in [0.4, 0.5) is 0 Å². The molecule has 0 amide bonds. The molecule has 0 aromatic rings. The van der Waals surface area contributed by atoms with Crippen LogP contribution in [0.25, 0.3) is 0 Å². The SMILES string of the molecule is B.[B]#[Ti]#[B]. The summed E-state index contributed by atoms with van der Waals surface area (Å²) >= 11 is -0.500. The van der Waals surface area contributed by atoms with Gasteiger partial charge >= 0.3 is 28.1 Å². The zero-order valence-corrected chi connectivity index (χ0v) is 3.22. The topological polar surface area (TPSA) is 0 Å². The van der Waals surface area contributed by atoms with Gasteiger partial charge in [0.15, 0.2) is 0 Å². The average Bonchev–Trinajstić information content (AvgIpc) is 0.918. The number of rotatable bonds is 0. The fourth-order valence-electron chi connectivity index (χ4n) is 0. The molecule has 0 fully saturated rings. The fourth-order valence-corrected chi connectivity index (χ4v) is 0. The van der Waals surface area contributed by atoms with Gasteiger partial charge in [-0.3, -0.25) is 0 Å². The number of hydrogen-bond donors (Lipinski definition) is 0. The van der Waals surface area contributed by atoms with Crippen molar-refractivity contribution in [1.29, 1.82) is 0 Å². The monoisotopic (exact) mass is 84.0 g/mol. The van der Waals surface area contributed by atoms with E-state index in [0.29, 0.717) is 0 Å².